The number of rotatable bonds is 18. The second-order valence-corrected chi connectivity index (χ2v) is 16.7. The van der Waals surface area contributed by atoms with Crippen molar-refractivity contribution in [3.05, 3.63) is 45.0 Å². The first kappa shape index (κ1) is 39.5. The monoisotopic (exact) mass is 787 g/mol. The van der Waals surface area contributed by atoms with E-state index in [1.54, 1.807) is 0 Å². The molecule has 0 bridgehead atoms. The van der Waals surface area contributed by atoms with Gasteiger partial charge in [0.15, 0.2) is 0 Å². The van der Waals surface area contributed by atoms with Crippen molar-refractivity contribution < 1.29 is 24.0 Å². The number of nitrogens with one attached hydrogen (secondary N) is 6. The Kier molecular flexibility index (Phi) is 12.7. The lowest BCUT2D eigenvalue weighted by molar-refractivity contribution is -0.137. The topological polar surface area (TPSA) is 204 Å². The van der Waals surface area contributed by atoms with Crippen LogP contribution in [0.15, 0.2) is 18.5 Å². The normalized spacial score (nSPS) is 20.9. The number of anilines is 1. The minimum atomic E-state index is -0.632. The second kappa shape index (κ2) is 18.0. The minimum absolute atomic E-state index is 0.0143. The van der Waals surface area contributed by atoms with Gasteiger partial charge in [-0.2, -0.15) is 5.10 Å². The molecule has 0 aromatic carbocycles. The van der Waals surface area contributed by atoms with Crippen molar-refractivity contribution in [1.29, 1.82) is 0 Å². The Morgan fingerprint density at radius 1 is 0.946 bits per heavy atom. The van der Waals surface area contributed by atoms with Gasteiger partial charge in [-0.15, -0.1) is 11.3 Å². The molecule has 2 saturated carbocycles. The number of imide groups is 1. The summed E-state index contributed by atoms with van der Waals surface area (Å²) in [6, 6.07) is 1.85. The molecule has 6 N–H and O–H groups in total. The highest BCUT2D eigenvalue weighted by Crippen LogP contribution is 2.36. The minimum Gasteiger partial charge on any atom is -0.355 e. The van der Waals surface area contributed by atoms with Crippen LogP contribution >= 0.6 is 11.3 Å². The van der Waals surface area contributed by atoms with Crippen LogP contribution in [0, 0.1) is 12.8 Å². The summed E-state index contributed by atoms with van der Waals surface area (Å²) in [5, 5.41) is 22.8. The highest BCUT2D eigenvalue weighted by Gasteiger charge is 2.40. The van der Waals surface area contributed by atoms with E-state index in [1.807, 2.05) is 30.2 Å². The maximum atomic E-state index is 12.9. The first-order valence-electron chi connectivity index (χ1n) is 20.0. The third-order valence-electron chi connectivity index (χ3n) is 11.2. The molecule has 3 fully saturated rings. The van der Waals surface area contributed by atoms with Gasteiger partial charge in [0.25, 0.3) is 5.91 Å². The summed E-state index contributed by atoms with van der Waals surface area (Å²) in [6.45, 7) is 4.39. The van der Waals surface area contributed by atoms with Crippen molar-refractivity contribution >= 4 is 46.8 Å². The van der Waals surface area contributed by atoms with Crippen LogP contribution in [0.1, 0.15) is 95.6 Å². The zero-order valence-electron chi connectivity index (χ0n) is 32.2. The van der Waals surface area contributed by atoms with Crippen molar-refractivity contribution in [3.63, 3.8) is 0 Å². The molecule has 5 amide bonds. The van der Waals surface area contributed by atoms with Gasteiger partial charge in [0.2, 0.25) is 29.6 Å². The number of thiophene rings is 1. The number of amides is 5. The maximum Gasteiger partial charge on any atom is 0.265 e. The van der Waals surface area contributed by atoms with Gasteiger partial charge in [-0.05, 0) is 101 Å². The van der Waals surface area contributed by atoms with Gasteiger partial charge in [-0.25, -0.2) is 9.97 Å². The van der Waals surface area contributed by atoms with Gasteiger partial charge >= 0.3 is 0 Å². The number of piperidine rings is 1. The fourth-order valence-electron chi connectivity index (χ4n) is 7.75. The van der Waals surface area contributed by atoms with Gasteiger partial charge in [0, 0.05) is 61.0 Å². The van der Waals surface area contributed by atoms with E-state index in [1.165, 1.54) is 34.8 Å². The van der Waals surface area contributed by atoms with Crippen LogP contribution in [0.4, 0.5) is 5.95 Å². The zero-order valence-corrected chi connectivity index (χ0v) is 33.1. The molecule has 3 aromatic heterocycles. The van der Waals surface area contributed by atoms with E-state index in [9.17, 15) is 24.0 Å². The summed E-state index contributed by atoms with van der Waals surface area (Å²) >= 11 is 1.32. The quantitative estimate of drug-likeness (QED) is 0.0814. The number of aromatic nitrogens is 4. The Balaban J connectivity index is 0.714. The molecule has 1 unspecified atom stereocenters. The number of fused-ring (bicyclic) bond motifs is 1. The first-order chi connectivity index (χ1) is 27.1. The van der Waals surface area contributed by atoms with Gasteiger partial charge in [0.05, 0.1) is 36.4 Å². The third kappa shape index (κ3) is 9.97. The lowest BCUT2D eigenvalue weighted by atomic mass is 9.91. The van der Waals surface area contributed by atoms with E-state index in [2.05, 4.69) is 48.9 Å². The van der Waals surface area contributed by atoms with Crippen molar-refractivity contribution in [1.82, 2.24) is 51.2 Å². The van der Waals surface area contributed by atoms with Crippen LogP contribution in [-0.2, 0) is 45.7 Å². The molecule has 3 aromatic rings. The molecule has 16 nitrogen and oxygen atoms in total. The Labute approximate surface area is 330 Å². The predicted molar refractivity (Wildman–Crippen MR) is 210 cm³/mol. The van der Waals surface area contributed by atoms with Crippen molar-refractivity contribution in [2.75, 3.05) is 31.5 Å². The van der Waals surface area contributed by atoms with Crippen molar-refractivity contribution in [2.24, 2.45) is 13.0 Å². The summed E-state index contributed by atoms with van der Waals surface area (Å²) in [7, 11) is 2.01. The number of hydrogen-bond donors (Lipinski definition) is 6. The van der Waals surface area contributed by atoms with E-state index < -0.39 is 11.9 Å². The van der Waals surface area contributed by atoms with Crippen LogP contribution < -0.4 is 31.9 Å². The number of aryl methyl sites for hydroxylation is 2. The molecular formula is C39H53N11O5S. The molecule has 17 heteroatoms. The SMILES string of the molecule is Cc1cnc(NC2CCC(NCC(=O)NCCCCNCC(=O)NCc3cc4c(s3)C(=O)N(C3CCC(=O)NC3=O)C4)CC2)nc1-c1cnn(C)c1CC1CC1. The summed E-state index contributed by atoms with van der Waals surface area (Å²) in [5.41, 5.74) is 5.18. The van der Waals surface area contributed by atoms with Crippen LogP contribution in [0.25, 0.3) is 11.3 Å². The average Bonchev–Trinajstić information content (AvgIpc) is 3.70. The van der Waals surface area contributed by atoms with Gasteiger partial charge in [-0.3, -0.25) is 34.0 Å². The smallest absolute Gasteiger partial charge is 0.265 e. The molecular weight excluding hydrogens is 735 g/mol. The Morgan fingerprint density at radius 2 is 1.71 bits per heavy atom. The number of carbonyl (C=O) groups is 5. The third-order valence-corrected chi connectivity index (χ3v) is 12.3. The van der Waals surface area contributed by atoms with E-state index in [0.717, 1.165) is 78.1 Å². The van der Waals surface area contributed by atoms with Gasteiger partial charge < -0.3 is 31.5 Å². The number of unbranched alkanes of at least 4 members (excludes halogenated alkanes) is 1. The van der Waals surface area contributed by atoms with Crippen molar-refractivity contribution in [2.45, 2.75) is 109 Å². The molecule has 5 heterocycles. The van der Waals surface area contributed by atoms with Gasteiger partial charge in [-0.1, -0.05) is 0 Å². The maximum absolute atomic E-state index is 12.9. The molecule has 56 heavy (non-hydrogen) atoms. The summed E-state index contributed by atoms with van der Waals surface area (Å²) in [4.78, 5) is 74.0. The van der Waals surface area contributed by atoms with Gasteiger partial charge in [0.1, 0.15) is 6.04 Å². The molecule has 0 spiro atoms. The Morgan fingerprint density at radius 3 is 2.48 bits per heavy atom. The van der Waals surface area contributed by atoms with E-state index in [0.29, 0.717) is 56.0 Å². The standard InChI is InChI=1S/C39H53N11O5S/c1-23-17-44-39(48-35(23)29-19-45-49(2)31(29)15-24-5-6-24)46-27-9-7-26(8-10-27)42-21-34(53)41-14-4-3-13-40-20-33(52)43-18-28-16-25-22-50(38(55)36(25)56-28)30-11-12-32(51)47-37(30)54/h16-17,19,24,26-27,30,40,42H,3-15,18,20-22H2,1-2H3,(H,41,53)(H,43,52)(H,44,46,48)(H,47,51,54). The Bertz CT molecular complexity index is 1930. The first-order valence-corrected chi connectivity index (χ1v) is 20.8. The van der Waals surface area contributed by atoms with E-state index in [4.69, 9.17) is 4.98 Å². The summed E-state index contributed by atoms with van der Waals surface area (Å²) in [5.74, 6) is 0.311. The van der Waals surface area contributed by atoms with Crippen LogP contribution in [0.3, 0.4) is 0 Å². The highest BCUT2D eigenvalue weighted by molar-refractivity contribution is 7.14. The largest absolute Gasteiger partial charge is 0.355 e. The fourth-order valence-corrected chi connectivity index (χ4v) is 8.81. The summed E-state index contributed by atoms with van der Waals surface area (Å²) < 4.78 is 1.98. The lowest BCUT2D eigenvalue weighted by Gasteiger charge is -2.29. The van der Waals surface area contributed by atoms with Crippen molar-refractivity contribution in [3.8, 4) is 11.3 Å². The van der Waals surface area contributed by atoms with E-state index >= 15 is 0 Å². The number of carbonyl (C=O) groups excluding carboxylic acids is 5. The molecule has 1 saturated heterocycles. The number of hydrogen-bond acceptors (Lipinski definition) is 12. The molecule has 0 radical (unpaired) electrons. The molecule has 1 atom stereocenters. The second-order valence-electron chi connectivity index (χ2n) is 15.6. The lowest BCUT2D eigenvalue weighted by Crippen LogP contribution is -2.52. The zero-order chi connectivity index (χ0) is 39.2. The molecule has 2 aliphatic heterocycles. The summed E-state index contributed by atoms with van der Waals surface area (Å²) in [6.07, 6.45) is 13.5. The van der Waals surface area contributed by atoms with Crippen LogP contribution in [0.2, 0.25) is 0 Å². The van der Waals surface area contributed by atoms with E-state index in [-0.39, 0.29) is 42.6 Å². The van der Waals surface area contributed by atoms with Crippen LogP contribution in [-0.4, -0.2) is 98.5 Å². The molecule has 4 aliphatic rings. The average molecular weight is 788 g/mol. The Hall–Kier alpha value is -4.74. The molecule has 7 rings (SSSR count). The fraction of sp³-hybridized carbons (Fsp3) is 0.590. The van der Waals surface area contributed by atoms with Crippen LogP contribution in [0.5, 0.6) is 0 Å². The predicted octanol–water partition coefficient (Wildman–Crippen LogP) is 2.08. The molecule has 300 valence electrons. The number of nitrogens with zero attached hydrogens (tertiary/aromatic N) is 5. The highest BCUT2D eigenvalue weighted by atomic mass is 32.1. The molecule has 2 aliphatic carbocycles.